The number of nitrogens with one attached hydrogen (secondary N) is 2. The van der Waals surface area contributed by atoms with Gasteiger partial charge >= 0.3 is 0 Å². The number of aliphatic hydroxyl groups excluding tert-OH is 2. The molecule has 2 amide bonds. The van der Waals surface area contributed by atoms with E-state index in [1.165, 1.54) is 37.0 Å². The molecule has 256 valence electrons. The second kappa shape index (κ2) is 17.9. The standard InChI is InChI=1S/C38H48N4O5S/c1-5-6-7-8-9-20-47-31-16-14-27(15-17-31)29-22-39-35(40-23-29)28-12-10-26(11-13-28)21-32(36(45)41-24-30(44)25-43)42-37(46)33-18-19-34(48-33)38(2,3)4/h10-19,22-23,30,32,43-44H,5-9,20-21,24-25H2,1-4H3,(H,41,45)(H,42,46)/t30?,32-/m0/s1. The van der Waals surface area contributed by atoms with E-state index in [-0.39, 0.29) is 24.3 Å². The number of benzene rings is 2. The summed E-state index contributed by atoms with van der Waals surface area (Å²) in [7, 11) is 0. The summed E-state index contributed by atoms with van der Waals surface area (Å²) in [6, 6.07) is 18.3. The van der Waals surface area contributed by atoms with Crippen LogP contribution in [0.3, 0.4) is 0 Å². The maximum absolute atomic E-state index is 13.2. The molecule has 0 spiro atoms. The third-order valence-corrected chi connectivity index (χ3v) is 9.43. The molecule has 4 aromatic rings. The second-order valence-electron chi connectivity index (χ2n) is 13.0. The molecule has 4 rings (SSSR count). The Morgan fingerprint density at radius 3 is 2.17 bits per heavy atom. The Hall–Kier alpha value is -4.12. The molecule has 0 saturated heterocycles. The summed E-state index contributed by atoms with van der Waals surface area (Å²) in [5, 5.41) is 24.4. The van der Waals surface area contributed by atoms with Crippen LogP contribution in [0.5, 0.6) is 5.75 Å². The Morgan fingerprint density at radius 2 is 1.54 bits per heavy atom. The number of carbonyl (C=O) groups is 2. The Balaban J connectivity index is 1.38. The lowest BCUT2D eigenvalue weighted by Gasteiger charge is -2.19. The van der Waals surface area contributed by atoms with Gasteiger partial charge in [0.15, 0.2) is 5.82 Å². The van der Waals surface area contributed by atoms with E-state index in [4.69, 9.17) is 9.84 Å². The first-order chi connectivity index (χ1) is 23.1. The van der Waals surface area contributed by atoms with Crippen molar-refractivity contribution >= 4 is 23.2 Å². The average Bonchev–Trinajstić information content (AvgIpc) is 3.61. The number of thiophene rings is 1. The lowest BCUT2D eigenvalue weighted by atomic mass is 9.95. The molecule has 0 saturated carbocycles. The van der Waals surface area contributed by atoms with Gasteiger partial charge in [-0.3, -0.25) is 9.59 Å². The van der Waals surface area contributed by atoms with Crippen LogP contribution in [-0.4, -0.2) is 63.9 Å². The van der Waals surface area contributed by atoms with Crippen LogP contribution in [-0.2, 0) is 16.6 Å². The van der Waals surface area contributed by atoms with Crippen molar-refractivity contribution < 1.29 is 24.5 Å². The Bertz CT molecular complexity index is 1580. The van der Waals surface area contributed by atoms with Gasteiger partial charge in [0.05, 0.1) is 24.2 Å². The van der Waals surface area contributed by atoms with E-state index in [1.807, 2.05) is 54.6 Å². The van der Waals surface area contributed by atoms with Gasteiger partial charge in [0.1, 0.15) is 11.8 Å². The van der Waals surface area contributed by atoms with Crippen molar-refractivity contribution in [2.45, 2.75) is 83.8 Å². The predicted molar refractivity (Wildman–Crippen MR) is 191 cm³/mol. The van der Waals surface area contributed by atoms with Crippen molar-refractivity contribution in [1.29, 1.82) is 0 Å². The Morgan fingerprint density at radius 1 is 0.875 bits per heavy atom. The summed E-state index contributed by atoms with van der Waals surface area (Å²) in [5.74, 6) is 0.633. The molecule has 2 aromatic heterocycles. The smallest absolute Gasteiger partial charge is 0.262 e. The predicted octanol–water partition coefficient (Wildman–Crippen LogP) is 6.33. The number of amides is 2. The lowest BCUT2D eigenvalue weighted by Crippen LogP contribution is -2.49. The highest BCUT2D eigenvalue weighted by Crippen LogP contribution is 2.29. The molecule has 2 aromatic carbocycles. The first kappa shape index (κ1) is 36.7. The minimum absolute atomic E-state index is 0.0973. The second-order valence-corrected chi connectivity index (χ2v) is 14.1. The number of rotatable bonds is 17. The maximum Gasteiger partial charge on any atom is 0.262 e. The van der Waals surface area contributed by atoms with Gasteiger partial charge in [-0.15, -0.1) is 11.3 Å². The Labute approximate surface area is 287 Å². The molecule has 0 aliphatic heterocycles. The fourth-order valence-electron chi connectivity index (χ4n) is 5.00. The third kappa shape index (κ3) is 11.0. The van der Waals surface area contributed by atoms with Crippen molar-refractivity contribution in [3.8, 4) is 28.3 Å². The molecule has 4 N–H and O–H groups in total. The molecule has 0 radical (unpaired) electrons. The van der Waals surface area contributed by atoms with E-state index in [9.17, 15) is 14.7 Å². The van der Waals surface area contributed by atoms with E-state index in [1.54, 1.807) is 18.5 Å². The molecule has 0 aliphatic carbocycles. The number of carbonyl (C=O) groups excluding carboxylic acids is 2. The molecule has 0 fully saturated rings. The van der Waals surface area contributed by atoms with Crippen LogP contribution in [0.4, 0.5) is 0 Å². The van der Waals surface area contributed by atoms with Crippen LogP contribution >= 0.6 is 11.3 Å². The van der Waals surface area contributed by atoms with E-state index in [0.29, 0.717) is 10.7 Å². The maximum atomic E-state index is 13.2. The fourth-order valence-corrected chi connectivity index (χ4v) is 5.97. The zero-order chi connectivity index (χ0) is 34.5. The number of ether oxygens (including phenoxy) is 1. The summed E-state index contributed by atoms with van der Waals surface area (Å²) in [6.07, 6.45) is 8.76. The Kier molecular flexibility index (Phi) is 13.7. The highest BCUT2D eigenvalue weighted by Gasteiger charge is 2.25. The van der Waals surface area contributed by atoms with Gasteiger partial charge < -0.3 is 25.6 Å². The summed E-state index contributed by atoms with van der Waals surface area (Å²) in [5.41, 5.74) is 3.45. The molecule has 10 heteroatoms. The van der Waals surface area contributed by atoms with Crippen molar-refractivity contribution in [2.24, 2.45) is 0 Å². The zero-order valence-corrected chi connectivity index (χ0v) is 29.2. The van der Waals surface area contributed by atoms with Gasteiger partial charge in [-0.05, 0) is 47.2 Å². The summed E-state index contributed by atoms with van der Waals surface area (Å²) in [6.45, 7) is 8.58. The van der Waals surface area contributed by atoms with E-state index in [0.717, 1.165) is 45.9 Å². The third-order valence-electron chi connectivity index (χ3n) is 7.92. The van der Waals surface area contributed by atoms with E-state index >= 15 is 0 Å². The fraction of sp³-hybridized carbons (Fsp3) is 0.421. The van der Waals surface area contributed by atoms with E-state index < -0.39 is 24.7 Å². The molecule has 0 bridgehead atoms. The van der Waals surface area contributed by atoms with Gasteiger partial charge in [-0.1, -0.05) is 89.8 Å². The largest absolute Gasteiger partial charge is 0.494 e. The molecule has 2 heterocycles. The molecule has 0 aliphatic rings. The highest BCUT2D eigenvalue weighted by molar-refractivity contribution is 7.14. The average molecular weight is 673 g/mol. The number of unbranched alkanes of at least 4 members (excludes halogenated alkanes) is 4. The number of aliphatic hydroxyl groups is 2. The molecule has 2 atom stereocenters. The first-order valence-electron chi connectivity index (χ1n) is 16.7. The van der Waals surface area contributed by atoms with Gasteiger partial charge in [-0.25, -0.2) is 9.97 Å². The topological polar surface area (TPSA) is 134 Å². The summed E-state index contributed by atoms with van der Waals surface area (Å²) in [4.78, 5) is 37.0. The van der Waals surface area contributed by atoms with Crippen LogP contribution in [0.25, 0.3) is 22.5 Å². The van der Waals surface area contributed by atoms with Crippen LogP contribution in [0.2, 0.25) is 0 Å². The van der Waals surface area contributed by atoms with Gasteiger partial charge in [0, 0.05) is 41.4 Å². The van der Waals surface area contributed by atoms with Crippen LogP contribution in [0.1, 0.15) is 79.9 Å². The molecular formula is C38H48N4O5S. The quantitative estimate of drug-likeness (QED) is 0.0964. The SMILES string of the molecule is CCCCCCCOc1ccc(-c2cnc(-c3ccc(C[C@H](NC(=O)c4ccc(C(C)(C)C)s4)C(=O)NCC(O)CO)cc3)nc2)cc1. The van der Waals surface area contributed by atoms with Crippen LogP contribution in [0.15, 0.2) is 73.1 Å². The highest BCUT2D eigenvalue weighted by atomic mass is 32.1. The number of aromatic nitrogens is 2. The van der Waals surface area contributed by atoms with Gasteiger partial charge in [0.2, 0.25) is 5.91 Å². The monoisotopic (exact) mass is 672 g/mol. The van der Waals surface area contributed by atoms with Crippen molar-refractivity contribution in [2.75, 3.05) is 19.8 Å². The molecule has 9 nitrogen and oxygen atoms in total. The minimum atomic E-state index is -1.09. The summed E-state index contributed by atoms with van der Waals surface area (Å²) < 4.78 is 5.88. The normalized spacial score (nSPS) is 12.7. The van der Waals surface area contributed by atoms with Gasteiger partial charge in [-0.2, -0.15) is 0 Å². The minimum Gasteiger partial charge on any atom is -0.494 e. The lowest BCUT2D eigenvalue weighted by molar-refractivity contribution is -0.123. The number of hydrogen-bond acceptors (Lipinski definition) is 8. The molecular weight excluding hydrogens is 625 g/mol. The molecule has 48 heavy (non-hydrogen) atoms. The zero-order valence-electron chi connectivity index (χ0n) is 28.4. The van der Waals surface area contributed by atoms with Crippen molar-refractivity contribution in [3.05, 3.63) is 88.4 Å². The van der Waals surface area contributed by atoms with Crippen LogP contribution in [0, 0.1) is 0 Å². The first-order valence-corrected chi connectivity index (χ1v) is 17.5. The number of hydrogen-bond donors (Lipinski definition) is 4. The summed E-state index contributed by atoms with van der Waals surface area (Å²) >= 11 is 1.40. The van der Waals surface area contributed by atoms with Gasteiger partial charge in [0.25, 0.3) is 5.91 Å². The van der Waals surface area contributed by atoms with Crippen molar-refractivity contribution in [3.63, 3.8) is 0 Å². The van der Waals surface area contributed by atoms with Crippen LogP contribution < -0.4 is 15.4 Å². The number of nitrogens with zero attached hydrogens (tertiary/aromatic N) is 2. The molecule has 1 unspecified atom stereocenters. The van der Waals surface area contributed by atoms with E-state index in [2.05, 4.69) is 48.3 Å². The van der Waals surface area contributed by atoms with Crippen molar-refractivity contribution in [1.82, 2.24) is 20.6 Å².